The van der Waals surface area contributed by atoms with E-state index in [1.54, 1.807) is 13.3 Å². The molecular formula is C11H14N4O. The smallest absolute Gasteiger partial charge is 0.225 e. The molecule has 0 bridgehead atoms. The maximum Gasteiger partial charge on any atom is 0.225 e. The Labute approximate surface area is 94.0 Å². The van der Waals surface area contributed by atoms with Crippen molar-refractivity contribution in [3.8, 4) is 6.07 Å². The Morgan fingerprint density at radius 1 is 1.69 bits per heavy atom. The van der Waals surface area contributed by atoms with Gasteiger partial charge in [0.25, 0.3) is 0 Å². The third kappa shape index (κ3) is 2.48. The Morgan fingerprint density at radius 3 is 2.94 bits per heavy atom. The number of nitrogens with zero attached hydrogens (tertiary/aromatic N) is 3. The fraction of sp³-hybridized carbons (Fsp3) is 0.364. The Hall–Kier alpha value is -2.09. The number of H-pyrrole nitrogens is 1. The molecule has 0 aromatic carbocycles. The minimum Gasteiger partial charge on any atom is -0.366 e. The highest BCUT2D eigenvalue weighted by molar-refractivity contribution is 5.62. The Bertz CT molecular complexity index is 496. The van der Waals surface area contributed by atoms with Gasteiger partial charge in [0.1, 0.15) is 17.3 Å². The summed E-state index contributed by atoms with van der Waals surface area (Å²) < 4.78 is 0. The standard InChI is InChI=1S/C11H14N4O/c1-4-15(3)7-14-10-8(2)13-6-9(5-12)11(10)16/h6-7H,4H2,1-3H3,(H,13,16). The molecule has 0 fully saturated rings. The summed E-state index contributed by atoms with van der Waals surface area (Å²) in [6.45, 7) is 4.54. The number of hydrogen-bond donors (Lipinski definition) is 1. The van der Waals surface area contributed by atoms with Crippen LogP contribution in [0.2, 0.25) is 0 Å². The summed E-state index contributed by atoms with van der Waals surface area (Å²) in [4.78, 5) is 20.5. The zero-order valence-corrected chi connectivity index (χ0v) is 9.61. The lowest BCUT2D eigenvalue weighted by atomic mass is 10.2. The van der Waals surface area contributed by atoms with Crippen LogP contribution in [-0.4, -0.2) is 29.8 Å². The first kappa shape index (κ1) is 12.0. The van der Waals surface area contributed by atoms with E-state index in [9.17, 15) is 4.79 Å². The summed E-state index contributed by atoms with van der Waals surface area (Å²) >= 11 is 0. The number of aromatic amines is 1. The van der Waals surface area contributed by atoms with Gasteiger partial charge in [0.05, 0.1) is 6.34 Å². The van der Waals surface area contributed by atoms with Crippen molar-refractivity contribution in [2.45, 2.75) is 13.8 Å². The highest BCUT2D eigenvalue weighted by atomic mass is 16.1. The number of aryl methyl sites for hydroxylation is 1. The SMILES string of the molecule is CCN(C)C=Nc1c(C)[nH]cc(C#N)c1=O. The van der Waals surface area contributed by atoms with Crippen molar-refractivity contribution >= 4 is 12.0 Å². The average molecular weight is 218 g/mol. The minimum atomic E-state index is -0.334. The molecule has 1 aromatic heterocycles. The fourth-order valence-electron chi connectivity index (χ4n) is 1.09. The molecule has 0 spiro atoms. The van der Waals surface area contributed by atoms with Crippen molar-refractivity contribution in [2.24, 2.45) is 4.99 Å². The lowest BCUT2D eigenvalue weighted by Crippen LogP contribution is -2.15. The van der Waals surface area contributed by atoms with E-state index in [0.29, 0.717) is 11.4 Å². The molecule has 84 valence electrons. The molecule has 16 heavy (non-hydrogen) atoms. The molecule has 0 aliphatic rings. The fourth-order valence-corrected chi connectivity index (χ4v) is 1.09. The van der Waals surface area contributed by atoms with Crippen LogP contribution in [0.25, 0.3) is 0 Å². The molecule has 1 rings (SSSR count). The largest absolute Gasteiger partial charge is 0.366 e. The van der Waals surface area contributed by atoms with Gasteiger partial charge in [0.15, 0.2) is 0 Å². The van der Waals surface area contributed by atoms with E-state index in [1.165, 1.54) is 6.20 Å². The number of aromatic nitrogens is 1. The topological polar surface area (TPSA) is 72.2 Å². The highest BCUT2D eigenvalue weighted by Crippen LogP contribution is 2.10. The van der Waals surface area contributed by atoms with Crippen LogP contribution in [0.15, 0.2) is 16.0 Å². The van der Waals surface area contributed by atoms with Gasteiger partial charge in [0.2, 0.25) is 5.43 Å². The molecule has 5 heteroatoms. The zero-order chi connectivity index (χ0) is 12.1. The molecule has 0 amide bonds. The van der Waals surface area contributed by atoms with E-state index in [-0.39, 0.29) is 11.0 Å². The molecule has 0 saturated heterocycles. The van der Waals surface area contributed by atoms with Crippen LogP contribution in [0, 0.1) is 18.3 Å². The van der Waals surface area contributed by atoms with E-state index in [0.717, 1.165) is 6.54 Å². The minimum absolute atomic E-state index is 0.0805. The molecule has 1 aromatic rings. The van der Waals surface area contributed by atoms with Crippen LogP contribution >= 0.6 is 0 Å². The first-order valence-electron chi connectivity index (χ1n) is 4.97. The average Bonchev–Trinajstić information content (AvgIpc) is 2.28. The second kappa shape index (κ2) is 5.12. The second-order valence-corrected chi connectivity index (χ2v) is 3.43. The van der Waals surface area contributed by atoms with Crippen molar-refractivity contribution in [3.05, 3.63) is 27.7 Å². The maximum absolute atomic E-state index is 11.7. The Balaban J connectivity index is 3.19. The van der Waals surface area contributed by atoms with Gasteiger partial charge >= 0.3 is 0 Å². The summed E-state index contributed by atoms with van der Waals surface area (Å²) in [6, 6.07) is 1.83. The van der Waals surface area contributed by atoms with Gasteiger partial charge in [-0.25, -0.2) is 4.99 Å². The molecular weight excluding hydrogens is 204 g/mol. The predicted octanol–water partition coefficient (Wildman–Crippen LogP) is 1.17. The molecule has 0 saturated carbocycles. The number of rotatable bonds is 3. The molecule has 1 N–H and O–H groups in total. The quantitative estimate of drug-likeness (QED) is 0.611. The molecule has 0 aliphatic carbocycles. The monoisotopic (exact) mass is 218 g/mol. The van der Waals surface area contributed by atoms with Crippen molar-refractivity contribution in [2.75, 3.05) is 13.6 Å². The first-order valence-corrected chi connectivity index (χ1v) is 4.97. The molecule has 0 atom stereocenters. The van der Waals surface area contributed by atoms with E-state index < -0.39 is 0 Å². The van der Waals surface area contributed by atoms with Crippen LogP contribution in [0.3, 0.4) is 0 Å². The van der Waals surface area contributed by atoms with Gasteiger partial charge in [0, 0.05) is 25.5 Å². The molecule has 5 nitrogen and oxygen atoms in total. The lowest BCUT2D eigenvalue weighted by Gasteiger charge is -2.08. The Kier molecular flexibility index (Phi) is 3.84. The van der Waals surface area contributed by atoms with Crippen LogP contribution in [-0.2, 0) is 0 Å². The van der Waals surface area contributed by atoms with Crippen LogP contribution in [0.4, 0.5) is 5.69 Å². The van der Waals surface area contributed by atoms with Gasteiger partial charge < -0.3 is 9.88 Å². The van der Waals surface area contributed by atoms with Crippen LogP contribution in [0.1, 0.15) is 18.2 Å². The van der Waals surface area contributed by atoms with Crippen LogP contribution in [0.5, 0.6) is 0 Å². The van der Waals surface area contributed by atoms with E-state index in [2.05, 4.69) is 9.98 Å². The maximum atomic E-state index is 11.7. The third-order valence-electron chi connectivity index (χ3n) is 2.25. The number of hydrogen-bond acceptors (Lipinski definition) is 3. The molecule has 0 aliphatic heterocycles. The first-order chi connectivity index (χ1) is 7.60. The number of nitrogens with one attached hydrogen (secondary N) is 1. The van der Waals surface area contributed by atoms with Crippen molar-refractivity contribution < 1.29 is 0 Å². The lowest BCUT2D eigenvalue weighted by molar-refractivity contribution is 0.552. The molecule has 1 heterocycles. The van der Waals surface area contributed by atoms with Gasteiger partial charge in [-0.1, -0.05) is 0 Å². The third-order valence-corrected chi connectivity index (χ3v) is 2.25. The number of pyridine rings is 1. The van der Waals surface area contributed by atoms with Crippen LogP contribution < -0.4 is 5.43 Å². The van der Waals surface area contributed by atoms with Crippen molar-refractivity contribution in [1.82, 2.24) is 9.88 Å². The van der Waals surface area contributed by atoms with E-state index in [4.69, 9.17) is 5.26 Å². The summed E-state index contributed by atoms with van der Waals surface area (Å²) in [6.07, 6.45) is 2.99. The predicted molar refractivity (Wildman–Crippen MR) is 63.0 cm³/mol. The zero-order valence-electron chi connectivity index (χ0n) is 9.61. The Morgan fingerprint density at radius 2 is 2.38 bits per heavy atom. The summed E-state index contributed by atoms with van der Waals surface area (Å²) in [7, 11) is 1.86. The summed E-state index contributed by atoms with van der Waals surface area (Å²) in [5, 5.41) is 8.73. The van der Waals surface area contributed by atoms with Gasteiger partial charge in [-0.2, -0.15) is 5.26 Å². The second-order valence-electron chi connectivity index (χ2n) is 3.43. The number of nitriles is 1. The molecule has 0 radical (unpaired) electrons. The van der Waals surface area contributed by atoms with Crippen molar-refractivity contribution in [1.29, 1.82) is 5.26 Å². The van der Waals surface area contributed by atoms with E-state index >= 15 is 0 Å². The normalized spacial score (nSPS) is 10.4. The van der Waals surface area contributed by atoms with E-state index in [1.807, 2.05) is 24.9 Å². The molecule has 0 unspecified atom stereocenters. The van der Waals surface area contributed by atoms with Gasteiger partial charge in [-0.05, 0) is 13.8 Å². The van der Waals surface area contributed by atoms with Gasteiger partial charge in [-0.3, -0.25) is 4.79 Å². The number of aliphatic imine (C=N–C) groups is 1. The van der Waals surface area contributed by atoms with Crippen molar-refractivity contribution in [3.63, 3.8) is 0 Å². The summed E-state index contributed by atoms with van der Waals surface area (Å²) in [5.41, 5.74) is 0.695. The summed E-state index contributed by atoms with van der Waals surface area (Å²) in [5.74, 6) is 0. The highest BCUT2D eigenvalue weighted by Gasteiger charge is 2.06. The van der Waals surface area contributed by atoms with Gasteiger partial charge in [-0.15, -0.1) is 0 Å².